The number of anilines is 1. The van der Waals surface area contributed by atoms with E-state index in [0.29, 0.717) is 17.5 Å². The van der Waals surface area contributed by atoms with Crippen LogP contribution >= 0.6 is 34.2 Å². The maximum absolute atomic E-state index is 9.83. The highest BCUT2D eigenvalue weighted by atomic mass is 127. The number of nitrogens with zero attached hydrogens (tertiary/aromatic N) is 3. The maximum atomic E-state index is 9.83. The van der Waals surface area contributed by atoms with E-state index in [1.807, 2.05) is 6.20 Å². The SMILES string of the molecule is Nc1nc(Cl)c2c(I)cn([C@H]3CC(O)[C@@H](CO)O3)c2n1. The Kier molecular flexibility index (Phi) is 3.75. The molecule has 4 N–H and O–H groups in total. The van der Waals surface area contributed by atoms with Crippen molar-refractivity contribution in [1.82, 2.24) is 14.5 Å². The maximum Gasteiger partial charge on any atom is 0.223 e. The highest BCUT2D eigenvalue weighted by Crippen LogP contribution is 2.35. The smallest absolute Gasteiger partial charge is 0.223 e. The summed E-state index contributed by atoms with van der Waals surface area (Å²) in [6.07, 6.45) is 0.465. The van der Waals surface area contributed by atoms with E-state index in [0.717, 1.165) is 3.57 Å². The molecule has 108 valence electrons. The number of hydrogen-bond donors (Lipinski definition) is 3. The van der Waals surface area contributed by atoms with Gasteiger partial charge in [-0.3, -0.25) is 0 Å². The summed E-state index contributed by atoms with van der Waals surface area (Å²) in [4.78, 5) is 8.13. The fraction of sp³-hybridized carbons (Fsp3) is 0.455. The van der Waals surface area contributed by atoms with Gasteiger partial charge in [-0.2, -0.15) is 4.98 Å². The largest absolute Gasteiger partial charge is 0.394 e. The lowest BCUT2D eigenvalue weighted by atomic mass is 10.2. The van der Waals surface area contributed by atoms with Crippen molar-refractivity contribution in [2.24, 2.45) is 0 Å². The molecule has 0 amide bonds. The number of aliphatic hydroxyl groups excluding tert-OH is 2. The average Bonchev–Trinajstić information content (AvgIpc) is 2.90. The molecular formula is C11H12ClIN4O3. The molecule has 0 saturated carbocycles. The summed E-state index contributed by atoms with van der Waals surface area (Å²) >= 11 is 8.22. The van der Waals surface area contributed by atoms with Gasteiger partial charge in [-0.25, -0.2) is 4.98 Å². The number of hydrogen-bond acceptors (Lipinski definition) is 6. The summed E-state index contributed by atoms with van der Waals surface area (Å²) in [5.41, 5.74) is 6.19. The lowest BCUT2D eigenvalue weighted by Crippen LogP contribution is -2.24. The van der Waals surface area contributed by atoms with Crippen molar-refractivity contribution in [3.05, 3.63) is 14.9 Å². The first kappa shape index (κ1) is 14.3. The molecule has 2 aromatic rings. The standard InChI is InChI=1S/C11H12ClIN4O3/c12-9-8-4(13)2-17(10(8)16-11(14)15-9)7-1-5(19)6(3-18)20-7/h2,5-7,18-19H,1,3H2,(H2,14,15,16)/t5?,6-,7-/m1/s1. The van der Waals surface area contributed by atoms with E-state index < -0.39 is 18.4 Å². The summed E-state index contributed by atoms with van der Waals surface area (Å²) in [7, 11) is 0. The van der Waals surface area contributed by atoms with E-state index in [1.54, 1.807) is 4.57 Å². The molecule has 0 aliphatic carbocycles. The van der Waals surface area contributed by atoms with Crippen LogP contribution in [0.2, 0.25) is 5.15 Å². The quantitative estimate of drug-likeness (QED) is 0.502. The van der Waals surface area contributed by atoms with Crippen LogP contribution in [0.15, 0.2) is 6.20 Å². The third kappa shape index (κ3) is 2.25. The number of rotatable bonds is 2. The first-order chi connectivity index (χ1) is 9.51. The fourth-order valence-corrected chi connectivity index (χ4v) is 3.58. The van der Waals surface area contributed by atoms with Crippen LogP contribution in [-0.4, -0.2) is 43.6 Å². The Bertz CT molecular complexity index is 665. The van der Waals surface area contributed by atoms with Gasteiger partial charge >= 0.3 is 0 Å². The van der Waals surface area contributed by atoms with Crippen LogP contribution in [0, 0.1) is 3.57 Å². The summed E-state index contributed by atoms with van der Waals surface area (Å²) in [6.45, 7) is -0.230. The number of ether oxygens (including phenoxy) is 1. The zero-order chi connectivity index (χ0) is 14.4. The number of nitrogens with two attached hydrogens (primary N) is 1. The monoisotopic (exact) mass is 410 g/mol. The number of aromatic nitrogens is 3. The highest BCUT2D eigenvalue weighted by Gasteiger charge is 2.35. The molecule has 0 spiro atoms. The normalized spacial score (nSPS) is 26.5. The first-order valence-electron chi connectivity index (χ1n) is 5.94. The van der Waals surface area contributed by atoms with Gasteiger partial charge in [0, 0.05) is 16.2 Å². The van der Waals surface area contributed by atoms with Gasteiger partial charge in [0.2, 0.25) is 5.95 Å². The Morgan fingerprint density at radius 3 is 2.95 bits per heavy atom. The van der Waals surface area contributed by atoms with Crippen LogP contribution in [-0.2, 0) is 4.74 Å². The van der Waals surface area contributed by atoms with Gasteiger partial charge in [-0.05, 0) is 22.6 Å². The van der Waals surface area contributed by atoms with E-state index in [4.69, 9.17) is 27.2 Å². The van der Waals surface area contributed by atoms with Crippen molar-refractivity contribution in [3.63, 3.8) is 0 Å². The Morgan fingerprint density at radius 2 is 2.30 bits per heavy atom. The van der Waals surface area contributed by atoms with Crippen LogP contribution in [0.4, 0.5) is 5.95 Å². The zero-order valence-electron chi connectivity index (χ0n) is 10.2. The topological polar surface area (TPSA) is 106 Å². The van der Waals surface area contributed by atoms with E-state index in [2.05, 4.69) is 32.6 Å². The molecule has 20 heavy (non-hydrogen) atoms. The minimum Gasteiger partial charge on any atom is -0.394 e. The number of aliphatic hydroxyl groups is 2. The van der Waals surface area contributed by atoms with Crippen LogP contribution in [0.1, 0.15) is 12.6 Å². The van der Waals surface area contributed by atoms with Crippen molar-refractivity contribution in [1.29, 1.82) is 0 Å². The van der Waals surface area contributed by atoms with E-state index in [-0.39, 0.29) is 17.7 Å². The van der Waals surface area contributed by atoms with Crippen LogP contribution in [0.5, 0.6) is 0 Å². The molecule has 1 aliphatic rings. The van der Waals surface area contributed by atoms with E-state index in [1.165, 1.54) is 0 Å². The second kappa shape index (κ2) is 5.26. The minimum absolute atomic E-state index is 0.0792. The van der Waals surface area contributed by atoms with Gasteiger partial charge in [0.1, 0.15) is 23.1 Å². The summed E-state index contributed by atoms with van der Waals surface area (Å²) in [5.74, 6) is 0.0792. The number of nitrogen functional groups attached to an aromatic ring is 1. The lowest BCUT2D eigenvalue weighted by molar-refractivity contribution is -0.0430. The molecule has 7 nitrogen and oxygen atoms in total. The average molecular weight is 411 g/mol. The van der Waals surface area contributed by atoms with Gasteiger partial charge in [-0.1, -0.05) is 11.6 Å². The van der Waals surface area contributed by atoms with Gasteiger partial charge in [0.15, 0.2) is 0 Å². The second-order valence-corrected chi connectivity index (χ2v) is 6.09. The molecular weight excluding hydrogens is 399 g/mol. The van der Waals surface area contributed by atoms with Crippen molar-refractivity contribution < 1.29 is 14.9 Å². The minimum atomic E-state index is -0.713. The Labute approximate surface area is 132 Å². The van der Waals surface area contributed by atoms with Crippen LogP contribution in [0.25, 0.3) is 11.0 Å². The molecule has 1 saturated heterocycles. The molecule has 9 heteroatoms. The predicted octanol–water partition coefficient (Wildman–Crippen LogP) is 0.912. The Morgan fingerprint density at radius 1 is 1.55 bits per heavy atom. The third-order valence-electron chi connectivity index (χ3n) is 3.29. The van der Waals surface area contributed by atoms with Crippen molar-refractivity contribution in [2.45, 2.75) is 24.9 Å². The lowest BCUT2D eigenvalue weighted by Gasteiger charge is -2.14. The Hall–Kier alpha value is -0.680. The molecule has 1 aliphatic heterocycles. The summed E-state index contributed by atoms with van der Waals surface area (Å²) in [5, 5.41) is 20.0. The molecule has 0 aromatic carbocycles. The van der Waals surface area contributed by atoms with Gasteiger partial charge < -0.3 is 25.3 Å². The van der Waals surface area contributed by atoms with E-state index >= 15 is 0 Å². The molecule has 0 radical (unpaired) electrons. The van der Waals surface area contributed by atoms with Gasteiger partial charge in [0.25, 0.3) is 0 Å². The molecule has 1 fully saturated rings. The van der Waals surface area contributed by atoms with Crippen LogP contribution in [0.3, 0.4) is 0 Å². The molecule has 1 unspecified atom stereocenters. The van der Waals surface area contributed by atoms with Crippen molar-refractivity contribution in [2.75, 3.05) is 12.3 Å². The highest BCUT2D eigenvalue weighted by molar-refractivity contribution is 14.1. The first-order valence-corrected chi connectivity index (χ1v) is 7.40. The molecule has 2 aromatic heterocycles. The zero-order valence-corrected chi connectivity index (χ0v) is 13.1. The third-order valence-corrected chi connectivity index (χ3v) is 4.38. The van der Waals surface area contributed by atoms with Gasteiger partial charge in [-0.15, -0.1) is 0 Å². The Balaban J connectivity index is 2.09. The molecule has 3 rings (SSSR count). The fourth-order valence-electron chi connectivity index (χ4n) is 2.35. The van der Waals surface area contributed by atoms with E-state index in [9.17, 15) is 5.11 Å². The molecule has 0 bridgehead atoms. The second-order valence-electron chi connectivity index (χ2n) is 4.57. The van der Waals surface area contributed by atoms with Gasteiger partial charge in [0.05, 0.1) is 18.1 Å². The van der Waals surface area contributed by atoms with Crippen molar-refractivity contribution >= 4 is 51.2 Å². The van der Waals surface area contributed by atoms with Crippen LogP contribution < -0.4 is 5.73 Å². The predicted molar refractivity (Wildman–Crippen MR) is 81.3 cm³/mol. The summed E-state index contributed by atoms with van der Waals surface area (Å²) < 4.78 is 8.26. The number of halogens is 2. The summed E-state index contributed by atoms with van der Waals surface area (Å²) in [6, 6.07) is 0. The van der Waals surface area contributed by atoms with Crippen molar-refractivity contribution in [3.8, 4) is 0 Å². The molecule has 3 atom stereocenters. The molecule has 3 heterocycles. The number of fused-ring (bicyclic) bond motifs is 1.